The van der Waals surface area contributed by atoms with Gasteiger partial charge in [0.1, 0.15) is 17.9 Å². The van der Waals surface area contributed by atoms with E-state index in [2.05, 4.69) is 4.90 Å². The lowest BCUT2D eigenvalue weighted by atomic mass is 9.90. The van der Waals surface area contributed by atoms with Crippen LogP contribution < -0.4 is 0 Å². The molecule has 5 heteroatoms. The highest BCUT2D eigenvalue weighted by Crippen LogP contribution is 2.51. The molecule has 4 nitrogen and oxygen atoms in total. The third-order valence-electron chi connectivity index (χ3n) is 5.27. The summed E-state index contributed by atoms with van der Waals surface area (Å²) in [4.78, 5) is 26.8. The molecule has 2 saturated carbocycles. The van der Waals surface area contributed by atoms with Crippen molar-refractivity contribution in [3.8, 4) is 0 Å². The molecule has 0 aliphatic heterocycles. The maximum absolute atomic E-state index is 12.5. The first kappa shape index (κ1) is 19.4. The Hall–Kier alpha value is -0.970. The largest absolute Gasteiger partial charge is 0.459 e. The van der Waals surface area contributed by atoms with E-state index in [9.17, 15) is 9.59 Å². The van der Waals surface area contributed by atoms with Crippen LogP contribution in [0.15, 0.2) is 0 Å². The molecule has 0 N–H and O–H groups in total. The molecular formula is C19H31NO3S. The fourth-order valence-electron chi connectivity index (χ4n) is 4.31. The minimum Gasteiger partial charge on any atom is -0.459 e. The van der Waals surface area contributed by atoms with E-state index >= 15 is 0 Å². The molecule has 0 radical (unpaired) electrons. The van der Waals surface area contributed by atoms with Gasteiger partial charge < -0.3 is 14.4 Å². The Labute approximate surface area is 151 Å². The number of rotatable bonds is 6. The third kappa shape index (κ3) is 4.56. The molecule has 0 saturated heterocycles. The lowest BCUT2D eigenvalue weighted by Gasteiger charge is -2.43. The first-order valence-electron chi connectivity index (χ1n) is 9.05. The van der Waals surface area contributed by atoms with Crippen molar-refractivity contribution in [3.05, 3.63) is 0 Å². The highest BCUT2D eigenvalue weighted by molar-refractivity contribution is 7.80. The minimum absolute atomic E-state index is 0.00367. The third-order valence-corrected chi connectivity index (χ3v) is 5.89. The number of Topliss-reactive ketones (excluding diaryl/α,β-unsaturated/α-hetero) is 1. The van der Waals surface area contributed by atoms with Crippen LogP contribution in [0.1, 0.15) is 73.1 Å². The zero-order chi connectivity index (χ0) is 18.1. The fourth-order valence-corrected chi connectivity index (χ4v) is 4.65. The van der Waals surface area contributed by atoms with E-state index in [0.717, 1.165) is 30.2 Å². The Balaban J connectivity index is 2.17. The highest BCUT2D eigenvalue weighted by atomic mass is 32.1. The fraction of sp³-hybridized carbons (Fsp3) is 0.842. The Morgan fingerprint density at radius 2 is 1.88 bits per heavy atom. The van der Waals surface area contributed by atoms with Crippen molar-refractivity contribution in [1.82, 2.24) is 4.90 Å². The predicted molar refractivity (Wildman–Crippen MR) is 98.9 cm³/mol. The van der Waals surface area contributed by atoms with Gasteiger partial charge in [-0.3, -0.25) is 4.79 Å². The van der Waals surface area contributed by atoms with E-state index in [1.54, 1.807) is 6.92 Å². The summed E-state index contributed by atoms with van der Waals surface area (Å²) in [7, 11) is 0. The number of esters is 1. The molecule has 136 valence electrons. The van der Waals surface area contributed by atoms with Crippen LogP contribution in [0, 0.1) is 11.8 Å². The van der Waals surface area contributed by atoms with E-state index in [4.69, 9.17) is 17.0 Å². The van der Waals surface area contributed by atoms with Gasteiger partial charge in [0.25, 0.3) is 0 Å². The van der Waals surface area contributed by atoms with Gasteiger partial charge in [-0.1, -0.05) is 19.1 Å². The van der Waals surface area contributed by atoms with E-state index in [0.29, 0.717) is 6.42 Å². The van der Waals surface area contributed by atoms with Gasteiger partial charge in [-0.15, -0.1) is 0 Å². The number of ether oxygens (including phenoxy) is 1. The molecular weight excluding hydrogens is 322 g/mol. The van der Waals surface area contributed by atoms with Crippen LogP contribution in [0.3, 0.4) is 0 Å². The molecule has 1 atom stereocenters. The van der Waals surface area contributed by atoms with Crippen LogP contribution in [0.5, 0.6) is 0 Å². The Kier molecular flexibility index (Phi) is 5.73. The predicted octanol–water partition coefficient (Wildman–Crippen LogP) is 3.91. The summed E-state index contributed by atoms with van der Waals surface area (Å²) in [5.41, 5.74) is -0.495. The molecule has 2 aliphatic rings. The summed E-state index contributed by atoms with van der Waals surface area (Å²) in [6.45, 7) is 9.42. The van der Waals surface area contributed by atoms with Crippen LogP contribution in [-0.2, 0) is 14.3 Å². The number of ketones is 1. The van der Waals surface area contributed by atoms with Crippen LogP contribution >= 0.6 is 12.2 Å². The number of hydrogen-bond donors (Lipinski definition) is 0. The highest BCUT2D eigenvalue weighted by Gasteiger charge is 2.50. The van der Waals surface area contributed by atoms with Gasteiger partial charge in [0.2, 0.25) is 0 Å². The van der Waals surface area contributed by atoms with Crippen LogP contribution in [-0.4, -0.2) is 39.3 Å². The van der Waals surface area contributed by atoms with E-state index in [1.807, 2.05) is 27.7 Å². The molecule has 1 unspecified atom stereocenters. The van der Waals surface area contributed by atoms with E-state index < -0.39 is 5.60 Å². The van der Waals surface area contributed by atoms with Gasteiger partial charge >= 0.3 is 5.97 Å². The number of hydrogen-bond acceptors (Lipinski definition) is 4. The van der Waals surface area contributed by atoms with Gasteiger partial charge in [-0.05, 0) is 65.7 Å². The van der Waals surface area contributed by atoms with Gasteiger partial charge in [-0.2, -0.15) is 0 Å². The molecule has 0 aromatic heterocycles. The number of thiocarbonyl (C=S) groups is 1. The Morgan fingerprint density at radius 3 is 2.29 bits per heavy atom. The average Bonchev–Trinajstić information content (AvgIpc) is 3.02. The summed E-state index contributed by atoms with van der Waals surface area (Å²) in [6.07, 6.45) is 6.16. The monoisotopic (exact) mass is 353 g/mol. The quantitative estimate of drug-likeness (QED) is 0.535. The maximum Gasteiger partial charge on any atom is 0.326 e. The second kappa shape index (κ2) is 7.11. The molecule has 0 aromatic carbocycles. The average molecular weight is 354 g/mol. The topological polar surface area (TPSA) is 46.6 Å². The normalized spacial score (nSPS) is 27.0. The molecule has 0 heterocycles. The molecule has 0 spiro atoms. The number of fused-ring (bicyclic) bond motifs is 2. The maximum atomic E-state index is 12.5. The number of nitrogens with zero attached hydrogens (tertiary/aromatic N) is 1. The van der Waals surface area contributed by atoms with Crippen molar-refractivity contribution < 1.29 is 14.3 Å². The zero-order valence-electron chi connectivity index (χ0n) is 15.7. The molecule has 24 heavy (non-hydrogen) atoms. The van der Waals surface area contributed by atoms with E-state index in [1.165, 1.54) is 12.8 Å². The zero-order valence-corrected chi connectivity index (χ0v) is 16.5. The minimum atomic E-state index is -0.499. The van der Waals surface area contributed by atoms with Crippen molar-refractivity contribution >= 4 is 29.0 Å². The van der Waals surface area contributed by atoms with Crippen molar-refractivity contribution in [2.75, 3.05) is 6.54 Å². The summed E-state index contributed by atoms with van der Waals surface area (Å²) < 4.78 is 5.53. The summed E-state index contributed by atoms with van der Waals surface area (Å²) in [5, 5.41) is 0. The lowest BCUT2D eigenvalue weighted by Crippen LogP contribution is -2.53. The number of carbonyl (C=O) groups excluding carboxylic acids is 2. The second-order valence-electron chi connectivity index (χ2n) is 8.69. The van der Waals surface area contributed by atoms with Crippen molar-refractivity contribution in [2.45, 2.75) is 84.3 Å². The first-order valence-corrected chi connectivity index (χ1v) is 9.46. The van der Waals surface area contributed by atoms with Crippen LogP contribution in [0.4, 0.5) is 0 Å². The van der Waals surface area contributed by atoms with Gasteiger partial charge in [0, 0.05) is 17.9 Å². The van der Waals surface area contributed by atoms with Gasteiger partial charge in [-0.25, -0.2) is 0 Å². The van der Waals surface area contributed by atoms with Crippen molar-refractivity contribution in [1.29, 1.82) is 0 Å². The smallest absolute Gasteiger partial charge is 0.326 e. The first-order chi connectivity index (χ1) is 11.0. The van der Waals surface area contributed by atoms with E-state index in [-0.39, 0.29) is 29.8 Å². The van der Waals surface area contributed by atoms with Gasteiger partial charge in [0.15, 0.2) is 0 Å². The molecule has 2 rings (SSSR count). The molecule has 0 amide bonds. The SMILES string of the molecule is CC(=O)CC(C)C(=S)N(CC(=O)OC(C)(C)C)C12CCC(CC1)C2. The summed E-state index contributed by atoms with van der Waals surface area (Å²) in [6, 6.07) is 0. The van der Waals surface area contributed by atoms with Crippen LogP contribution in [0.2, 0.25) is 0 Å². The van der Waals surface area contributed by atoms with Crippen molar-refractivity contribution in [3.63, 3.8) is 0 Å². The second-order valence-corrected chi connectivity index (χ2v) is 9.11. The standard InChI is InChI=1S/C19H31NO3S/c1-13(10-14(2)21)17(24)20(12-16(22)23-18(3,4)5)19-8-6-15(11-19)7-9-19/h13,15H,6-12H2,1-5H3. The molecule has 2 aliphatic carbocycles. The van der Waals surface area contributed by atoms with Crippen LogP contribution in [0.25, 0.3) is 0 Å². The molecule has 2 bridgehead atoms. The number of carbonyl (C=O) groups is 2. The Morgan fingerprint density at radius 1 is 1.29 bits per heavy atom. The van der Waals surface area contributed by atoms with Crippen molar-refractivity contribution in [2.24, 2.45) is 11.8 Å². The molecule has 0 aromatic rings. The lowest BCUT2D eigenvalue weighted by molar-refractivity contribution is -0.156. The molecule has 2 fully saturated rings. The summed E-state index contributed by atoms with van der Waals surface area (Å²) in [5.74, 6) is 0.644. The summed E-state index contributed by atoms with van der Waals surface area (Å²) >= 11 is 5.74. The van der Waals surface area contributed by atoms with Gasteiger partial charge in [0.05, 0.1) is 4.99 Å². The Bertz CT molecular complexity index is 515.